The molecule has 1 aromatic rings. The molecule has 1 fully saturated rings. The monoisotopic (exact) mass is 325 g/mol. The van der Waals surface area contributed by atoms with Crippen molar-refractivity contribution in [2.45, 2.75) is 42.7 Å². The van der Waals surface area contributed by atoms with Crippen LogP contribution in [0.1, 0.15) is 31.2 Å². The summed E-state index contributed by atoms with van der Waals surface area (Å²) in [7, 11) is -0.570. The molecule has 1 aliphatic carbocycles. The van der Waals surface area contributed by atoms with Gasteiger partial charge in [0.1, 0.15) is 0 Å². The van der Waals surface area contributed by atoms with E-state index in [-0.39, 0.29) is 17.3 Å². The summed E-state index contributed by atoms with van der Waals surface area (Å²) in [5, 5.41) is 2.79. The van der Waals surface area contributed by atoms with Crippen LogP contribution in [-0.4, -0.2) is 38.3 Å². The molecule has 0 atom stereocenters. The number of amides is 1. The number of sulfonamides is 1. The zero-order valence-corrected chi connectivity index (χ0v) is 13.8. The number of hydrogen-bond donors (Lipinski definition) is 2. The standard InChI is InChI=1S/C15H23N3O3S/c1-18(2)22(20,21)13-8-4-3-7-12(13)11-17-14(19)15(16)9-5-6-10-15/h3-4,7-8H,5-6,9-11,16H2,1-2H3,(H,17,19). The number of nitrogens with one attached hydrogen (secondary N) is 1. The van der Waals surface area contributed by atoms with Gasteiger partial charge in [0.05, 0.1) is 10.4 Å². The molecule has 22 heavy (non-hydrogen) atoms. The summed E-state index contributed by atoms with van der Waals surface area (Å²) < 4.78 is 25.8. The number of nitrogens with zero attached hydrogens (tertiary/aromatic N) is 1. The van der Waals surface area contributed by atoms with Crippen LogP contribution in [0.2, 0.25) is 0 Å². The molecule has 1 saturated carbocycles. The Hall–Kier alpha value is -1.44. The summed E-state index contributed by atoms with van der Waals surface area (Å²) in [5.41, 5.74) is 5.85. The number of hydrogen-bond acceptors (Lipinski definition) is 4. The Balaban J connectivity index is 2.16. The average molecular weight is 325 g/mol. The first-order valence-corrected chi connectivity index (χ1v) is 8.79. The second kappa shape index (κ2) is 6.36. The maximum Gasteiger partial charge on any atom is 0.242 e. The van der Waals surface area contributed by atoms with E-state index in [1.54, 1.807) is 24.3 Å². The fraction of sp³-hybridized carbons (Fsp3) is 0.533. The SMILES string of the molecule is CN(C)S(=O)(=O)c1ccccc1CNC(=O)C1(N)CCCC1. The first kappa shape index (κ1) is 16.9. The molecule has 7 heteroatoms. The van der Waals surface area contributed by atoms with Gasteiger partial charge in [-0.2, -0.15) is 0 Å². The number of benzene rings is 1. The second-order valence-electron chi connectivity index (χ2n) is 5.94. The van der Waals surface area contributed by atoms with Crippen molar-refractivity contribution in [2.24, 2.45) is 5.73 Å². The van der Waals surface area contributed by atoms with Gasteiger partial charge in [-0.15, -0.1) is 0 Å². The zero-order chi connectivity index (χ0) is 16.4. The second-order valence-corrected chi connectivity index (χ2v) is 8.06. The zero-order valence-electron chi connectivity index (χ0n) is 13.0. The summed E-state index contributed by atoms with van der Waals surface area (Å²) in [6, 6.07) is 6.67. The average Bonchev–Trinajstić information content (AvgIpc) is 2.93. The molecule has 0 aliphatic heterocycles. The Kier molecular flexibility index (Phi) is 4.89. The Bertz CT molecular complexity index is 650. The van der Waals surface area contributed by atoms with E-state index in [4.69, 9.17) is 5.73 Å². The van der Waals surface area contributed by atoms with Gasteiger partial charge in [-0.1, -0.05) is 31.0 Å². The first-order chi connectivity index (χ1) is 10.3. The van der Waals surface area contributed by atoms with Gasteiger partial charge in [0.15, 0.2) is 0 Å². The third-order valence-corrected chi connectivity index (χ3v) is 6.03. The highest BCUT2D eigenvalue weighted by molar-refractivity contribution is 7.89. The highest BCUT2D eigenvalue weighted by Crippen LogP contribution is 2.27. The molecule has 0 spiro atoms. The molecular formula is C15H23N3O3S. The molecular weight excluding hydrogens is 302 g/mol. The van der Waals surface area contributed by atoms with E-state index >= 15 is 0 Å². The van der Waals surface area contributed by atoms with Crippen molar-refractivity contribution < 1.29 is 13.2 Å². The number of nitrogens with two attached hydrogens (primary N) is 1. The largest absolute Gasteiger partial charge is 0.350 e. The van der Waals surface area contributed by atoms with E-state index in [9.17, 15) is 13.2 Å². The van der Waals surface area contributed by atoms with Crippen LogP contribution >= 0.6 is 0 Å². The molecule has 1 amide bonds. The number of carbonyl (C=O) groups excluding carboxylic acids is 1. The van der Waals surface area contributed by atoms with Crippen molar-refractivity contribution in [1.82, 2.24) is 9.62 Å². The van der Waals surface area contributed by atoms with Crippen molar-refractivity contribution in [3.05, 3.63) is 29.8 Å². The molecule has 0 unspecified atom stereocenters. The van der Waals surface area contributed by atoms with E-state index in [2.05, 4.69) is 5.32 Å². The molecule has 3 N–H and O–H groups in total. The quantitative estimate of drug-likeness (QED) is 0.838. The Morgan fingerprint density at radius 2 is 1.86 bits per heavy atom. The van der Waals surface area contributed by atoms with E-state index in [0.717, 1.165) is 17.1 Å². The first-order valence-electron chi connectivity index (χ1n) is 7.35. The van der Waals surface area contributed by atoms with Crippen molar-refractivity contribution in [2.75, 3.05) is 14.1 Å². The molecule has 0 aromatic heterocycles. The minimum Gasteiger partial charge on any atom is -0.350 e. The van der Waals surface area contributed by atoms with Crippen LogP contribution in [0.5, 0.6) is 0 Å². The van der Waals surface area contributed by atoms with Crippen LogP contribution < -0.4 is 11.1 Å². The van der Waals surface area contributed by atoms with Gasteiger partial charge in [0, 0.05) is 20.6 Å². The van der Waals surface area contributed by atoms with Gasteiger partial charge in [-0.3, -0.25) is 4.79 Å². The molecule has 122 valence electrons. The highest BCUT2D eigenvalue weighted by Gasteiger charge is 2.36. The maximum atomic E-state index is 12.3. The van der Waals surface area contributed by atoms with E-state index in [1.165, 1.54) is 14.1 Å². The van der Waals surface area contributed by atoms with Gasteiger partial charge in [-0.25, -0.2) is 12.7 Å². The topological polar surface area (TPSA) is 92.5 Å². The van der Waals surface area contributed by atoms with Gasteiger partial charge in [-0.05, 0) is 24.5 Å². The smallest absolute Gasteiger partial charge is 0.242 e. The minimum absolute atomic E-state index is 0.154. The minimum atomic E-state index is -3.54. The maximum absolute atomic E-state index is 12.3. The van der Waals surface area contributed by atoms with Crippen LogP contribution in [-0.2, 0) is 21.4 Å². The molecule has 0 saturated heterocycles. The third-order valence-electron chi connectivity index (χ3n) is 4.12. The van der Waals surface area contributed by atoms with E-state index in [1.807, 2.05) is 0 Å². The van der Waals surface area contributed by atoms with Gasteiger partial charge in [0.2, 0.25) is 15.9 Å². The van der Waals surface area contributed by atoms with Crippen molar-refractivity contribution in [1.29, 1.82) is 0 Å². The van der Waals surface area contributed by atoms with E-state index < -0.39 is 15.6 Å². The van der Waals surface area contributed by atoms with Crippen LogP contribution in [0.3, 0.4) is 0 Å². The number of rotatable bonds is 5. The number of carbonyl (C=O) groups is 1. The normalized spacial score (nSPS) is 17.6. The van der Waals surface area contributed by atoms with Gasteiger partial charge >= 0.3 is 0 Å². The third kappa shape index (κ3) is 3.31. The predicted molar refractivity (Wildman–Crippen MR) is 84.5 cm³/mol. The lowest BCUT2D eigenvalue weighted by atomic mass is 9.98. The molecule has 0 bridgehead atoms. The summed E-state index contributed by atoms with van der Waals surface area (Å²) in [6.07, 6.45) is 3.26. The fourth-order valence-electron chi connectivity index (χ4n) is 2.68. The van der Waals surface area contributed by atoms with Crippen molar-refractivity contribution in [3.63, 3.8) is 0 Å². The lowest BCUT2D eigenvalue weighted by molar-refractivity contribution is -0.126. The molecule has 2 rings (SSSR count). The summed E-state index contributed by atoms with van der Waals surface area (Å²) in [5.74, 6) is -0.206. The summed E-state index contributed by atoms with van der Waals surface area (Å²) >= 11 is 0. The van der Waals surface area contributed by atoms with Crippen LogP contribution in [0.4, 0.5) is 0 Å². The molecule has 6 nitrogen and oxygen atoms in total. The predicted octanol–water partition coefficient (Wildman–Crippen LogP) is 0.825. The molecule has 1 aromatic carbocycles. The highest BCUT2D eigenvalue weighted by atomic mass is 32.2. The Morgan fingerprint density at radius 3 is 2.45 bits per heavy atom. The molecule has 0 radical (unpaired) electrons. The van der Waals surface area contributed by atoms with Crippen molar-refractivity contribution >= 4 is 15.9 Å². The molecule has 1 aliphatic rings. The van der Waals surface area contributed by atoms with Crippen LogP contribution in [0, 0.1) is 0 Å². The Labute approximate surface area is 131 Å². The summed E-state index contributed by atoms with van der Waals surface area (Å²) in [6.45, 7) is 0.154. The van der Waals surface area contributed by atoms with E-state index in [0.29, 0.717) is 18.4 Å². The van der Waals surface area contributed by atoms with Gasteiger partial charge in [0.25, 0.3) is 0 Å². The van der Waals surface area contributed by atoms with Crippen LogP contribution in [0.25, 0.3) is 0 Å². The lowest BCUT2D eigenvalue weighted by Gasteiger charge is -2.23. The Morgan fingerprint density at radius 1 is 1.27 bits per heavy atom. The van der Waals surface area contributed by atoms with Crippen molar-refractivity contribution in [3.8, 4) is 0 Å². The fourth-order valence-corrected chi connectivity index (χ4v) is 3.80. The summed E-state index contributed by atoms with van der Waals surface area (Å²) in [4.78, 5) is 12.4. The lowest BCUT2D eigenvalue weighted by Crippen LogP contribution is -2.51. The van der Waals surface area contributed by atoms with Gasteiger partial charge < -0.3 is 11.1 Å². The van der Waals surface area contributed by atoms with Crippen LogP contribution in [0.15, 0.2) is 29.2 Å². The molecule has 0 heterocycles.